The van der Waals surface area contributed by atoms with E-state index in [0.717, 1.165) is 12.1 Å². The summed E-state index contributed by atoms with van der Waals surface area (Å²) >= 11 is 5.90. The van der Waals surface area contributed by atoms with Gasteiger partial charge in [0.1, 0.15) is 11.1 Å². The molecule has 0 fully saturated rings. The van der Waals surface area contributed by atoms with Crippen LogP contribution >= 0.6 is 11.6 Å². The highest BCUT2D eigenvalue weighted by Crippen LogP contribution is 2.28. The van der Waals surface area contributed by atoms with Crippen LogP contribution in [0.5, 0.6) is 0 Å². The summed E-state index contributed by atoms with van der Waals surface area (Å²) in [5.74, 6) is -0.528. The van der Waals surface area contributed by atoms with Crippen LogP contribution < -0.4 is 10.6 Å². The summed E-state index contributed by atoms with van der Waals surface area (Å²) in [7, 11) is -3.88. The molecule has 0 saturated heterocycles. The Kier molecular flexibility index (Phi) is 6.51. The average molecular weight is 433 g/mol. The van der Waals surface area contributed by atoms with Gasteiger partial charge in [-0.15, -0.1) is 0 Å². The van der Waals surface area contributed by atoms with Crippen molar-refractivity contribution >= 4 is 33.2 Å². The van der Waals surface area contributed by atoms with E-state index in [9.17, 15) is 17.6 Å². The van der Waals surface area contributed by atoms with Gasteiger partial charge in [0.2, 0.25) is 0 Å². The molecule has 0 heterocycles. The number of amides is 2. The number of hydrogen-bond acceptors (Lipinski definition) is 3. The minimum atomic E-state index is -3.88. The van der Waals surface area contributed by atoms with Gasteiger partial charge in [0.15, 0.2) is 9.84 Å². The van der Waals surface area contributed by atoms with Crippen LogP contribution in [-0.2, 0) is 9.84 Å². The Morgan fingerprint density at radius 3 is 2.31 bits per heavy atom. The first-order valence-electron chi connectivity index (χ1n) is 8.71. The van der Waals surface area contributed by atoms with Crippen LogP contribution in [0.25, 0.3) is 0 Å². The van der Waals surface area contributed by atoms with E-state index in [2.05, 4.69) is 10.6 Å². The second-order valence-corrected chi connectivity index (χ2v) is 8.81. The Morgan fingerprint density at radius 2 is 1.66 bits per heavy atom. The number of hydrogen-bond donors (Lipinski definition) is 2. The fourth-order valence-corrected chi connectivity index (χ4v) is 4.64. The quantitative estimate of drug-likeness (QED) is 0.548. The molecule has 0 aliphatic rings. The van der Waals surface area contributed by atoms with Gasteiger partial charge in [-0.1, -0.05) is 48.0 Å². The third-order valence-electron chi connectivity index (χ3n) is 4.22. The predicted molar refractivity (Wildman–Crippen MR) is 111 cm³/mol. The van der Waals surface area contributed by atoms with Crippen molar-refractivity contribution in [2.75, 3.05) is 11.9 Å². The molecule has 150 valence electrons. The van der Waals surface area contributed by atoms with E-state index in [1.807, 2.05) is 0 Å². The number of nitrogens with one attached hydrogen (secondary N) is 2. The van der Waals surface area contributed by atoms with E-state index in [4.69, 9.17) is 11.6 Å². The largest absolute Gasteiger partial charge is 0.336 e. The molecule has 5 nitrogen and oxygen atoms in total. The number of rotatable bonds is 6. The second kappa shape index (κ2) is 9.07. The maximum Gasteiger partial charge on any atom is 0.319 e. The zero-order valence-electron chi connectivity index (χ0n) is 15.2. The summed E-state index contributed by atoms with van der Waals surface area (Å²) in [5, 5.41) is 4.62. The van der Waals surface area contributed by atoms with Crippen LogP contribution in [0.15, 0.2) is 83.8 Å². The Morgan fingerprint density at radius 1 is 0.966 bits per heavy atom. The molecule has 2 amide bonds. The maximum atomic E-state index is 13.2. The standard InChI is InChI=1S/C21H18ClFN2O3S/c22-16-7-4-8-18(13-16)25-21(26)24-14-20(15-5-2-1-3-6-15)29(27,28)19-11-9-17(23)10-12-19/h1-13,20H,14H2,(H2,24,25,26). The minimum Gasteiger partial charge on any atom is -0.336 e. The van der Waals surface area contributed by atoms with Crippen LogP contribution in [0, 0.1) is 5.82 Å². The molecule has 29 heavy (non-hydrogen) atoms. The molecule has 0 aromatic heterocycles. The van der Waals surface area contributed by atoms with Crippen LogP contribution in [0.3, 0.4) is 0 Å². The fourth-order valence-electron chi connectivity index (χ4n) is 2.79. The van der Waals surface area contributed by atoms with Gasteiger partial charge in [0.25, 0.3) is 0 Å². The van der Waals surface area contributed by atoms with E-state index >= 15 is 0 Å². The monoisotopic (exact) mass is 432 g/mol. The van der Waals surface area contributed by atoms with Gasteiger partial charge in [-0.3, -0.25) is 0 Å². The van der Waals surface area contributed by atoms with Crippen LogP contribution in [0.1, 0.15) is 10.8 Å². The lowest BCUT2D eigenvalue weighted by molar-refractivity contribution is 0.252. The lowest BCUT2D eigenvalue weighted by Gasteiger charge is -2.19. The van der Waals surface area contributed by atoms with Crippen molar-refractivity contribution in [3.63, 3.8) is 0 Å². The average Bonchev–Trinajstić information content (AvgIpc) is 2.69. The Bertz CT molecular complexity index is 1090. The first-order valence-corrected chi connectivity index (χ1v) is 10.6. The molecule has 2 N–H and O–H groups in total. The van der Waals surface area contributed by atoms with Gasteiger partial charge in [0.05, 0.1) is 4.90 Å². The topological polar surface area (TPSA) is 75.3 Å². The van der Waals surface area contributed by atoms with E-state index in [0.29, 0.717) is 16.3 Å². The molecule has 3 aromatic carbocycles. The molecule has 0 saturated carbocycles. The molecular weight excluding hydrogens is 415 g/mol. The number of anilines is 1. The van der Waals surface area contributed by atoms with Gasteiger partial charge in [-0.05, 0) is 48.0 Å². The van der Waals surface area contributed by atoms with Crippen molar-refractivity contribution < 1.29 is 17.6 Å². The molecule has 1 unspecified atom stereocenters. The zero-order valence-corrected chi connectivity index (χ0v) is 16.8. The molecule has 0 bridgehead atoms. The normalized spacial score (nSPS) is 12.2. The smallest absolute Gasteiger partial charge is 0.319 e. The number of carbonyl (C=O) groups is 1. The third kappa shape index (κ3) is 5.34. The van der Waals surface area contributed by atoms with E-state index in [1.54, 1.807) is 54.6 Å². The van der Waals surface area contributed by atoms with E-state index in [-0.39, 0.29) is 11.4 Å². The van der Waals surface area contributed by atoms with Crippen LogP contribution in [-0.4, -0.2) is 21.0 Å². The van der Waals surface area contributed by atoms with Crippen molar-refractivity contribution in [2.45, 2.75) is 10.1 Å². The van der Waals surface area contributed by atoms with Crippen molar-refractivity contribution in [2.24, 2.45) is 0 Å². The molecule has 0 radical (unpaired) electrons. The third-order valence-corrected chi connectivity index (χ3v) is 6.57. The van der Waals surface area contributed by atoms with Crippen LogP contribution in [0.2, 0.25) is 5.02 Å². The summed E-state index contributed by atoms with van der Waals surface area (Å²) in [6.45, 7) is -0.171. The van der Waals surface area contributed by atoms with Gasteiger partial charge in [-0.25, -0.2) is 17.6 Å². The van der Waals surface area contributed by atoms with Crippen molar-refractivity contribution in [3.8, 4) is 0 Å². The molecule has 8 heteroatoms. The Hall–Kier alpha value is -2.90. The highest BCUT2D eigenvalue weighted by molar-refractivity contribution is 7.91. The zero-order chi connectivity index (χ0) is 20.9. The molecule has 0 aliphatic heterocycles. The lowest BCUT2D eigenvalue weighted by atomic mass is 10.1. The number of urea groups is 1. The van der Waals surface area contributed by atoms with Gasteiger partial charge < -0.3 is 10.6 Å². The van der Waals surface area contributed by atoms with Crippen LogP contribution in [0.4, 0.5) is 14.9 Å². The molecule has 0 spiro atoms. The first-order chi connectivity index (χ1) is 13.9. The Balaban J connectivity index is 1.81. The predicted octanol–water partition coefficient (Wildman–Crippen LogP) is 4.82. The number of halogens is 2. The molecule has 1 atom stereocenters. The SMILES string of the molecule is O=C(NCC(c1ccccc1)S(=O)(=O)c1ccc(F)cc1)Nc1cccc(Cl)c1. The number of carbonyl (C=O) groups excluding carboxylic acids is 1. The highest BCUT2D eigenvalue weighted by atomic mass is 35.5. The summed E-state index contributed by atoms with van der Waals surface area (Å²) in [6, 6.07) is 19.2. The van der Waals surface area contributed by atoms with E-state index < -0.39 is 26.9 Å². The molecular formula is C21H18ClFN2O3S. The van der Waals surface area contributed by atoms with Crippen molar-refractivity contribution in [1.29, 1.82) is 0 Å². The molecule has 0 aliphatic carbocycles. The highest BCUT2D eigenvalue weighted by Gasteiger charge is 2.29. The summed E-state index contributed by atoms with van der Waals surface area (Å²) in [5.41, 5.74) is 0.993. The van der Waals surface area contributed by atoms with Gasteiger partial charge in [0, 0.05) is 17.3 Å². The molecule has 3 aromatic rings. The second-order valence-electron chi connectivity index (χ2n) is 6.24. The molecule has 3 rings (SSSR count). The van der Waals surface area contributed by atoms with Crippen molar-refractivity contribution in [3.05, 3.63) is 95.3 Å². The summed E-state index contributed by atoms with van der Waals surface area (Å²) in [4.78, 5) is 12.2. The number of sulfone groups is 1. The summed E-state index contributed by atoms with van der Waals surface area (Å²) < 4.78 is 39.5. The minimum absolute atomic E-state index is 0.0233. The number of benzene rings is 3. The summed E-state index contributed by atoms with van der Waals surface area (Å²) in [6.07, 6.45) is 0. The van der Waals surface area contributed by atoms with Gasteiger partial charge >= 0.3 is 6.03 Å². The first kappa shape index (κ1) is 20.8. The fraction of sp³-hybridized carbons (Fsp3) is 0.0952. The lowest BCUT2D eigenvalue weighted by Crippen LogP contribution is -2.34. The van der Waals surface area contributed by atoms with E-state index in [1.165, 1.54) is 12.1 Å². The maximum absolute atomic E-state index is 13.2. The van der Waals surface area contributed by atoms with Gasteiger partial charge in [-0.2, -0.15) is 0 Å². The Labute approximate surface area is 173 Å². The van der Waals surface area contributed by atoms with Crippen molar-refractivity contribution in [1.82, 2.24) is 5.32 Å².